The fourth-order valence-electron chi connectivity index (χ4n) is 2.73. The monoisotopic (exact) mass is 289 g/mol. The number of fused-ring (bicyclic) bond motifs is 1. The smallest absolute Gasteiger partial charge is 0.324 e. The average molecular weight is 289 g/mol. The van der Waals surface area contributed by atoms with Crippen LogP contribution in [0.5, 0.6) is 0 Å². The molecule has 1 aliphatic rings. The van der Waals surface area contributed by atoms with Gasteiger partial charge in [-0.2, -0.15) is 0 Å². The largest absolute Gasteiger partial charge is 0.330 e. The highest BCUT2D eigenvalue weighted by atomic mass is 16.2. The zero-order valence-electron chi connectivity index (χ0n) is 13.4. The molecule has 1 aromatic carbocycles. The molecule has 0 atom stereocenters. The Labute approximate surface area is 127 Å². The Balaban J connectivity index is 1.97. The molecule has 0 unspecified atom stereocenters. The third kappa shape index (κ3) is 3.76. The lowest BCUT2D eigenvalue weighted by molar-refractivity contribution is 0.210. The van der Waals surface area contributed by atoms with Crippen molar-refractivity contribution in [2.75, 3.05) is 25.0 Å². The van der Waals surface area contributed by atoms with Crippen LogP contribution in [-0.2, 0) is 6.54 Å². The molecule has 0 aliphatic carbocycles. The number of benzene rings is 1. The summed E-state index contributed by atoms with van der Waals surface area (Å²) in [6.45, 7) is 6.58. The van der Waals surface area contributed by atoms with Gasteiger partial charge in [-0.1, -0.05) is 38.5 Å². The van der Waals surface area contributed by atoms with Gasteiger partial charge in [-0.3, -0.25) is 4.90 Å². The first kappa shape index (κ1) is 15.8. The quantitative estimate of drug-likeness (QED) is 0.817. The number of unbranched alkanes of at least 4 members (excludes halogenated alkanes) is 1. The maximum Gasteiger partial charge on any atom is 0.324 e. The van der Waals surface area contributed by atoms with Crippen molar-refractivity contribution in [3.63, 3.8) is 0 Å². The van der Waals surface area contributed by atoms with Crippen LogP contribution < -0.4 is 10.6 Å². The Bertz CT molecular complexity index is 499. The van der Waals surface area contributed by atoms with Crippen LogP contribution in [0.15, 0.2) is 24.3 Å². The lowest BCUT2D eigenvalue weighted by Crippen LogP contribution is -2.45. The molecule has 1 heterocycles. The predicted molar refractivity (Wildman–Crippen MR) is 87.3 cm³/mol. The molecule has 4 nitrogen and oxygen atoms in total. The summed E-state index contributed by atoms with van der Waals surface area (Å²) in [5.74, 6) is 0. The standard InChI is InChI=1S/C17H27N3O/c1-17(2,13-18)10-6-7-11-20-15-9-5-4-8-14(15)12-19(3)16(20)21/h4-5,8-9H,6-7,10-13,18H2,1-3H3. The Kier molecular flexibility index (Phi) is 4.88. The van der Waals surface area contributed by atoms with Gasteiger partial charge in [0.1, 0.15) is 0 Å². The van der Waals surface area contributed by atoms with Crippen LogP contribution in [0.1, 0.15) is 38.7 Å². The van der Waals surface area contributed by atoms with E-state index in [1.54, 1.807) is 4.90 Å². The van der Waals surface area contributed by atoms with Gasteiger partial charge in [0, 0.05) is 20.1 Å². The van der Waals surface area contributed by atoms with Crippen LogP contribution in [0.4, 0.5) is 10.5 Å². The van der Waals surface area contributed by atoms with E-state index in [0.717, 1.165) is 31.5 Å². The molecular weight excluding hydrogens is 262 g/mol. The number of anilines is 1. The molecule has 2 N–H and O–H groups in total. The molecule has 2 amide bonds. The van der Waals surface area contributed by atoms with Crippen molar-refractivity contribution in [3.05, 3.63) is 29.8 Å². The van der Waals surface area contributed by atoms with Gasteiger partial charge in [0.25, 0.3) is 0 Å². The fraction of sp³-hybridized carbons (Fsp3) is 0.588. The van der Waals surface area contributed by atoms with Gasteiger partial charge >= 0.3 is 6.03 Å². The molecular formula is C17H27N3O. The summed E-state index contributed by atoms with van der Waals surface area (Å²) in [6.07, 6.45) is 3.21. The summed E-state index contributed by atoms with van der Waals surface area (Å²) in [6, 6.07) is 8.28. The lowest BCUT2D eigenvalue weighted by atomic mass is 9.87. The number of para-hydroxylation sites is 1. The van der Waals surface area contributed by atoms with E-state index >= 15 is 0 Å². The molecule has 2 rings (SSSR count). The van der Waals surface area contributed by atoms with Gasteiger partial charge in [0.15, 0.2) is 0 Å². The predicted octanol–water partition coefficient (Wildman–Crippen LogP) is 3.21. The van der Waals surface area contributed by atoms with Gasteiger partial charge in [0.05, 0.1) is 5.69 Å². The maximum atomic E-state index is 12.4. The number of urea groups is 1. The van der Waals surface area contributed by atoms with Gasteiger partial charge in [-0.05, 0) is 36.4 Å². The third-order valence-corrected chi connectivity index (χ3v) is 4.29. The van der Waals surface area contributed by atoms with Gasteiger partial charge < -0.3 is 10.6 Å². The number of hydrogen-bond donors (Lipinski definition) is 1. The minimum absolute atomic E-state index is 0.104. The Hall–Kier alpha value is -1.55. The van der Waals surface area contributed by atoms with Crippen LogP contribution in [0.25, 0.3) is 0 Å². The molecule has 0 saturated heterocycles. The van der Waals surface area contributed by atoms with Crippen LogP contribution >= 0.6 is 0 Å². The Morgan fingerprint density at radius 1 is 1.24 bits per heavy atom. The topological polar surface area (TPSA) is 49.6 Å². The van der Waals surface area contributed by atoms with Crippen LogP contribution in [-0.4, -0.2) is 31.1 Å². The van der Waals surface area contributed by atoms with Gasteiger partial charge in [-0.15, -0.1) is 0 Å². The first-order valence-electron chi connectivity index (χ1n) is 7.75. The molecule has 0 bridgehead atoms. The highest BCUT2D eigenvalue weighted by molar-refractivity contribution is 5.94. The van der Waals surface area contributed by atoms with Crippen LogP contribution in [0.3, 0.4) is 0 Å². The van der Waals surface area contributed by atoms with Crippen molar-refractivity contribution in [2.45, 2.75) is 39.7 Å². The molecule has 0 aromatic heterocycles. The summed E-state index contributed by atoms with van der Waals surface area (Å²) >= 11 is 0. The number of carbonyl (C=O) groups excluding carboxylic acids is 1. The average Bonchev–Trinajstić information content (AvgIpc) is 2.47. The maximum absolute atomic E-state index is 12.4. The van der Waals surface area contributed by atoms with E-state index in [1.165, 1.54) is 5.56 Å². The number of nitrogens with two attached hydrogens (primary N) is 1. The number of amides is 2. The van der Waals surface area contributed by atoms with E-state index in [9.17, 15) is 4.79 Å². The molecule has 0 saturated carbocycles. The van der Waals surface area contributed by atoms with Gasteiger partial charge in [0.2, 0.25) is 0 Å². The van der Waals surface area contributed by atoms with E-state index in [2.05, 4.69) is 19.9 Å². The summed E-state index contributed by atoms with van der Waals surface area (Å²) in [7, 11) is 1.86. The zero-order chi connectivity index (χ0) is 15.5. The van der Waals surface area contributed by atoms with E-state index in [1.807, 2.05) is 30.1 Å². The van der Waals surface area contributed by atoms with Crippen molar-refractivity contribution in [1.29, 1.82) is 0 Å². The summed E-state index contributed by atoms with van der Waals surface area (Å²) in [5.41, 5.74) is 8.25. The molecule has 116 valence electrons. The van der Waals surface area contributed by atoms with Gasteiger partial charge in [-0.25, -0.2) is 4.79 Å². The third-order valence-electron chi connectivity index (χ3n) is 4.29. The number of carbonyl (C=O) groups is 1. The SMILES string of the molecule is CN1Cc2ccccc2N(CCCCC(C)(C)CN)C1=O. The zero-order valence-corrected chi connectivity index (χ0v) is 13.4. The molecule has 21 heavy (non-hydrogen) atoms. The lowest BCUT2D eigenvalue weighted by Gasteiger charge is -2.35. The molecule has 0 spiro atoms. The van der Waals surface area contributed by atoms with E-state index in [-0.39, 0.29) is 11.4 Å². The Morgan fingerprint density at radius 2 is 1.95 bits per heavy atom. The summed E-state index contributed by atoms with van der Waals surface area (Å²) in [5, 5.41) is 0. The van der Waals surface area contributed by atoms with E-state index < -0.39 is 0 Å². The molecule has 0 radical (unpaired) electrons. The minimum Gasteiger partial charge on any atom is -0.330 e. The van der Waals surface area contributed by atoms with Crippen LogP contribution in [0, 0.1) is 5.41 Å². The van der Waals surface area contributed by atoms with Crippen molar-refractivity contribution in [2.24, 2.45) is 11.1 Å². The van der Waals surface area contributed by atoms with Crippen molar-refractivity contribution in [3.8, 4) is 0 Å². The van der Waals surface area contributed by atoms with Crippen molar-refractivity contribution in [1.82, 2.24) is 4.90 Å². The molecule has 0 fully saturated rings. The van der Waals surface area contributed by atoms with E-state index in [4.69, 9.17) is 5.73 Å². The van der Waals surface area contributed by atoms with Crippen LogP contribution in [0.2, 0.25) is 0 Å². The second-order valence-electron chi connectivity index (χ2n) is 6.74. The number of nitrogens with zero attached hydrogens (tertiary/aromatic N) is 2. The number of hydrogen-bond acceptors (Lipinski definition) is 2. The first-order valence-corrected chi connectivity index (χ1v) is 7.75. The van der Waals surface area contributed by atoms with Crippen molar-refractivity contribution >= 4 is 11.7 Å². The first-order chi connectivity index (χ1) is 9.94. The minimum atomic E-state index is 0.104. The molecule has 1 aliphatic heterocycles. The second kappa shape index (κ2) is 6.48. The summed E-state index contributed by atoms with van der Waals surface area (Å²) < 4.78 is 0. The highest BCUT2D eigenvalue weighted by Gasteiger charge is 2.27. The normalized spacial score (nSPS) is 15.3. The molecule has 1 aromatic rings. The van der Waals surface area contributed by atoms with Crippen molar-refractivity contribution < 1.29 is 4.79 Å². The van der Waals surface area contributed by atoms with E-state index in [0.29, 0.717) is 13.1 Å². The Morgan fingerprint density at radius 3 is 2.67 bits per heavy atom. The second-order valence-corrected chi connectivity index (χ2v) is 6.74. The highest BCUT2D eigenvalue weighted by Crippen LogP contribution is 2.28. The fourth-order valence-corrected chi connectivity index (χ4v) is 2.73. The summed E-state index contributed by atoms with van der Waals surface area (Å²) in [4.78, 5) is 16.1. The number of rotatable bonds is 6. The molecule has 4 heteroatoms.